The second-order valence-electron chi connectivity index (χ2n) is 6.35. The number of carbonyl (C=O) groups excluding carboxylic acids is 1. The average Bonchev–Trinajstić information content (AvgIpc) is 3.08. The molecule has 3 N–H and O–H groups in total. The standard InChI is InChI=1S/C17H21N7O2/c1-18-13-8-14-21-11-4-5-15(25)23(10-11)7-3-6-19-16(26)12-9-20-24(13)17(12)22(14)2/h4-5,8-10,14,18,21H,3,6-7H2,1-2H3,(H,19,26). The predicted molar refractivity (Wildman–Crippen MR) is 99.0 cm³/mol. The van der Waals surface area contributed by atoms with Gasteiger partial charge in [0.15, 0.2) is 0 Å². The summed E-state index contributed by atoms with van der Waals surface area (Å²) in [4.78, 5) is 26.6. The molecule has 2 aliphatic heterocycles. The van der Waals surface area contributed by atoms with Crippen LogP contribution in [0.5, 0.6) is 0 Å². The van der Waals surface area contributed by atoms with Gasteiger partial charge in [0.25, 0.3) is 11.5 Å². The molecule has 1 atom stereocenters. The highest BCUT2D eigenvalue weighted by molar-refractivity contribution is 5.99. The lowest BCUT2D eigenvalue weighted by Crippen LogP contribution is -2.43. The number of aromatic nitrogens is 3. The number of aryl methyl sites for hydroxylation is 1. The van der Waals surface area contributed by atoms with Crippen LogP contribution in [0.15, 0.2) is 35.4 Å². The van der Waals surface area contributed by atoms with E-state index in [0.717, 1.165) is 11.5 Å². The monoisotopic (exact) mass is 355 g/mol. The highest BCUT2D eigenvalue weighted by Gasteiger charge is 2.30. The van der Waals surface area contributed by atoms with Gasteiger partial charge in [0, 0.05) is 45.5 Å². The summed E-state index contributed by atoms with van der Waals surface area (Å²) in [5, 5.41) is 13.8. The maximum Gasteiger partial charge on any atom is 0.256 e. The summed E-state index contributed by atoms with van der Waals surface area (Å²) < 4.78 is 3.38. The SMILES string of the molecule is CNC1=CC2Nc3ccc(=O)n(c3)CCCNC(=O)c3cnn1c3N2C. The second kappa shape index (κ2) is 6.25. The molecule has 9 heteroatoms. The van der Waals surface area contributed by atoms with Gasteiger partial charge in [-0.15, -0.1) is 0 Å². The predicted octanol–water partition coefficient (Wildman–Crippen LogP) is 0.0841. The van der Waals surface area contributed by atoms with Crippen molar-refractivity contribution in [2.24, 2.45) is 0 Å². The van der Waals surface area contributed by atoms with Gasteiger partial charge in [0.1, 0.15) is 23.4 Å². The third-order valence-corrected chi connectivity index (χ3v) is 4.70. The van der Waals surface area contributed by atoms with Crippen molar-refractivity contribution < 1.29 is 4.79 Å². The van der Waals surface area contributed by atoms with Crippen LogP contribution in [0.4, 0.5) is 11.5 Å². The third kappa shape index (κ3) is 2.61. The van der Waals surface area contributed by atoms with E-state index in [1.54, 1.807) is 27.6 Å². The molecule has 4 heterocycles. The Morgan fingerprint density at radius 2 is 2.15 bits per heavy atom. The van der Waals surface area contributed by atoms with Crippen molar-refractivity contribution in [1.82, 2.24) is 25.0 Å². The third-order valence-electron chi connectivity index (χ3n) is 4.70. The fourth-order valence-corrected chi connectivity index (χ4v) is 3.32. The molecule has 2 aromatic heterocycles. The van der Waals surface area contributed by atoms with Crippen LogP contribution in [0.3, 0.4) is 0 Å². The van der Waals surface area contributed by atoms with Crippen molar-refractivity contribution in [3.8, 4) is 0 Å². The first-order valence-electron chi connectivity index (χ1n) is 8.54. The number of fused-ring (bicyclic) bond motifs is 3. The lowest BCUT2D eigenvalue weighted by Gasteiger charge is -2.34. The Labute approximate surface area is 150 Å². The number of likely N-dealkylation sites (N-methyl/N-ethyl adjacent to an activating group) is 1. The molecule has 2 aromatic rings. The van der Waals surface area contributed by atoms with E-state index in [-0.39, 0.29) is 17.6 Å². The zero-order valence-corrected chi connectivity index (χ0v) is 14.7. The lowest BCUT2D eigenvalue weighted by molar-refractivity contribution is 0.0953. The summed E-state index contributed by atoms with van der Waals surface area (Å²) >= 11 is 0. The summed E-state index contributed by atoms with van der Waals surface area (Å²) in [5.74, 6) is 1.31. The van der Waals surface area contributed by atoms with E-state index >= 15 is 0 Å². The number of hydrogen-bond acceptors (Lipinski definition) is 6. The molecule has 1 unspecified atom stereocenters. The van der Waals surface area contributed by atoms with E-state index in [4.69, 9.17) is 0 Å². The number of amides is 1. The fourth-order valence-electron chi connectivity index (χ4n) is 3.32. The van der Waals surface area contributed by atoms with Gasteiger partial charge in [-0.2, -0.15) is 5.10 Å². The lowest BCUT2D eigenvalue weighted by atomic mass is 10.2. The van der Waals surface area contributed by atoms with Crippen molar-refractivity contribution in [1.29, 1.82) is 0 Å². The highest BCUT2D eigenvalue weighted by atomic mass is 16.1. The minimum Gasteiger partial charge on any atom is -0.373 e. The average molecular weight is 355 g/mol. The first kappa shape index (κ1) is 16.2. The van der Waals surface area contributed by atoms with Crippen LogP contribution in [0.2, 0.25) is 0 Å². The molecule has 0 aliphatic carbocycles. The molecule has 4 rings (SSSR count). The normalized spacial score (nSPS) is 19.3. The topological polar surface area (TPSA) is 96.2 Å². The minimum atomic E-state index is -0.208. The van der Waals surface area contributed by atoms with Gasteiger partial charge in [-0.3, -0.25) is 9.59 Å². The second-order valence-corrected chi connectivity index (χ2v) is 6.35. The molecule has 0 spiro atoms. The van der Waals surface area contributed by atoms with E-state index in [1.165, 1.54) is 0 Å². The Bertz CT molecular complexity index is 943. The summed E-state index contributed by atoms with van der Waals surface area (Å²) in [7, 11) is 3.72. The van der Waals surface area contributed by atoms with E-state index in [1.807, 2.05) is 31.3 Å². The van der Waals surface area contributed by atoms with Crippen molar-refractivity contribution in [3.05, 3.63) is 46.5 Å². The van der Waals surface area contributed by atoms with E-state index in [9.17, 15) is 9.59 Å². The summed E-state index contributed by atoms with van der Waals surface area (Å²) in [6, 6.07) is 3.33. The van der Waals surface area contributed by atoms with Crippen LogP contribution < -0.4 is 26.4 Å². The van der Waals surface area contributed by atoms with Crippen LogP contribution in [0.1, 0.15) is 16.8 Å². The number of carbonyl (C=O) groups is 1. The highest BCUT2D eigenvalue weighted by Crippen LogP contribution is 2.29. The van der Waals surface area contributed by atoms with Crippen LogP contribution in [0.25, 0.3) is 5.82 Å². The molecule has 0 radical (unpaired) electrons. The Balaban J connectivity index is 1.83. The largest absolute Gasteiger partial charge is 0.373 e. The van der Waals surface area contributed by atoms with Crippen LogP contribution in [-0.4, -0.2) is 47.1 Å². The van der Waals surface area contributed by atoms with Crippen molar-refractivity contribution in [3.63, 3.8) is 0 Å². The molecule has 2 aliphatic rings. The van der Waals surface area contributed by atoms with Gasteiger partial charge in [-0.1, -0.05) is 0 Å². The van der Waals surface area contributed by atoms with Gasteiger partial charge in [0.05, 0.1) is 11.9 Å². The molecule has 9 nitrogen and oxygen atoms in total. The molecular formula is C17H21N7O2. The van der Waals surface area contributed by atoms with E-state index < -0.39 is 0 Å². The Morgan fingerprint density at radius 3 is 2.96 bits per heavy atom. The van der Waals surface area contributed by atoms with Crippen molar-refractivity contribution >= 4 is 23.2 Å². The number of anilines is 2. The van der Waals surface area contributed by atoms with Gasteiger partial charge >= 0.3 is 0 Å². The maximum atomic E-state index is 12.6. The Morgan fingerprint density at radius 1 is 1.31 bits per heavy atom. The smallest absolute Gasteiger partial charge is 0.256 e. The minimum absolute atomic E-state index is 0.0564. The van der Waals surface area contributed by atoms with Crippen LogP contribution in [0, 0.1) is 0 Å². The van der Waals surface area contributed by atoms with Crippen molar-refractivity contribution in [2.75, 3.05) is 30.9 Å². The molecular weight excluding hydrogens is 334 g/mol. The summed E-state index contributed by atoms with van der Waals surface area (Å²) in [5.41, 5.74) is 1.30. The number of pyridine rings is 1. The zero-order valence-electron chi connectivity index (χ0n) is 14.7. The molecule has 0 aromatic carbocycles. The number of nitrogens with zero attached hydrogens (tertiary/aromatic N) is 4. The maximum absolute atomic E-state index is 12.6. The number of rotatable bonds is 1. The van der Waals surface area contributed by atoms with Gasteiger partial charge in [-0.05, 0) is 12.5 Å². The molecule has 4 bridgehead atoms. The van der Waals surface area contributed by atoms with E-state index in [0.29, 0.717) is 30.9 Å². The number of nitrogens with one attached hydrogen (secondary N) is 3. The Kier molecular flexibility index (Phi) is 3.90. The van der Waals surface area contributed by atoms with E-state index in [2.05, 4.69) is 21.0 Å². The zero-order chi connectivity index (χ0) is 18.3. The molecule has 0 saturated heterocycles. The fraction of sp³-hybridized carbons (Fsp3) is 0.353. The van der Waals surface area contributed by atoms with Gasteiger partial charge in [0.2, 0.25) is 0 Å². The molecule has 1 amide bonds. The molecule has 26 heavy (non-hydrogen) atoms. The summed E-state index contributed by atoms with van der Waals surface area (Å²) in [6.45, 7) is 1.02. The van der Waals surface area contributed by atoms with Gasteiger partial charge in [-0.25, -0.2) is 4.68 Å². The quantitative estimate of drug-likeness (QED) is 0.671. The van der Waals surface area contributed by atoms with Gasteiger partial charge < -0.3 is 25.4 Å². The van der Waals surface area contributed by atoms with Crippen LogP contribution >= 0.6 is 0 Å². The van der Waals surface area contributed by atoms with Crippen LogP contribution in [-0.2, 0) is 6.54 Å². The first-order chi connectivity index (χ1) is 12.6. The Hall–Kier alpha value is -3.23. The number of hydrogen-bond donors (Lipinski definition) is 3. The summed E-state index contributed by atoms with van der Waals surface area (Å²) in [6.07, 6.45) is 5.84. The molecule has 0 saturated carbocycles. The molecule has 0 fully saturated rings. The molecule has 136 valence electrons. The van der Waals surface area contributed by atoms with Crippen molar-refractivity contribution in [2.45, 2.75) is 19.1 Å². The first-order valence-corrected chi connectivity index (χ1v) is 8.54.